The van der Waals surface area contributed by atoms with Gasteiger partial charge >= 0.3 is 0 Å². The highest BCUT2D eigenvalue weighted by molar-refractivity contribution is 7.80. The van der Waals surface area contributed by atoms with E-state index >= 15 is 0 Å². The van der Waals surface area contributed by atoms with Crippen molar-refractivity contribution in [1.82, 2.24) is 5.32 Å². The average molecular weight is 414 g/mol. The fourth-order valence-corrected chi connectivity index (χ4v) is 3.01. The molecule has 0 aliphatic heterocycles. The first-order valence-corrected chi connectivity index (χ1v) is 9.78. The number of carbonyl (C=O) groups excluding carboxylic acids is 1. The number of nitrogens with zero attached hydrogens (tertiary/aromatic N) is 1. The van der Waals surface area contributed by atoms with Gasteiger partial charge in [-0.1, -0.05) is 6.07 Å². The predicted octanol–water partition coefficient (Wildman–Crippen LogP) is 4.08. The van der Waals surface area contributed by atoms with E-state index in [0.717, 1.165) is 30.0 Å². The molecule has 154 valence electrons. The van der Waals surface area contributed by atoms with Crippen LogP contribution in [0.2, 0.25) is 0 Å². The third kappa shape index (κ3) is 6.50. The van der Waals surface area contributed by atoms with Crippen LogP contribution in [0.1, 0.15) is 19.4 Å². The Morgan fingerprint density at radius 1 is 1.03 bits per heavy atom. The zero-order valence-electron chi connectivity index (χ0n) is 17.2. The van der Waals surface area contributed by atoms with Gasteiger partial charge in [0.25, 0.3) is 0 Å². The van der Waals surface area contributed by atoms with E-state index in [1.807, 2.05) is 30.3 Å². The number of nitrogens with one attached hydrogen (secondary N) is 2. The number of thiocarbonyl (C=S) groups is 1. The van der Waals surface area contributed by atoms with E-state index in [1.54, 1.807) is 32.4 Å². The van der Waals surface area contributed by atoms with Gasteiger partial charge in [0.15, 0.2) is 16.6 Å². The van der Waals surface area contributed by atoms with Gasteiger partial charge < -0.3 is 19.7 Å². The third-order valence-corrected chi connectivity index (χ3v) is 4.53. The number of rotatable bonds is 8. The summed E-state index contributed by atoms with van der Waals surface area (Å²) in [7, 11) is 3.14. The molecule has 0 atom stereocenters. The Kier molecular flexibility index (Phi) is 8.48. The lowest BCUT2D eigenvalue weighted by atomic mass is 10.2. The maximum atomic E-state index is 12.1. The molecule has 29 heavy (non-hydrogen) atoms. The Morgan fingerprint density at radius 2 is 1.69 bits per heavy atom. The lowest BCUT2D eigenvalue weighted by molar-refractivity contribution is -0.115. The number of carbonyl (C=O) groups is 1. The zero-order chi connectivity index (χ0) is 21.2. The van der Waals surface area contributed by atoms with Crippen molar-refractivity contribution in [3.05, 3.63) is 54.1 Å². The molecule has 0 heterocycles. The van der Waals surface area contributed by atoms with E-state index in [0.29, 0.717) is 11.5 Å². The number of anilines is 2. The Hall–Kier alpha value is -3.06. The number of ether oxygens (including phenoxy) is 2. The van der Waals surface area contributed by atoms with Gasteiger partial charge in [0.05, 0.1) is 14.2 Å². The lowest BCUT2D eigenvalue weighted by Gasteiger charge is -2.21. The van der Waals surface area contributed by atoms with Crippen LogP contribution in [0.15, 0.2) is 48.5 Å². The highest BCUT2D eigenvalue weighted by Gasteiger charge is 2.06. The molecule has 0 radical (unpaired) electrons. The number of benzene rings is 2. The summed E-state index contributed by atoms with van der Waals surface area (Å²) in [6, 6.07) is 13.3. The molecule has 0 aliphatic carbocycles. The summed E-state index contributed by atoms with van der Waals surface area (Å²) in [4.78, 5) is 14.4. The summed E-state index contributed by atoms with van der Waals surface area (Å²) in [6.07, 6.45) is 3.09. The smallest absolute Gasteiger partial charge is 0.250 e. The van der Waals surface area contributed by atoms with E-state index in [9.17, 15) is 4.79 Å². The van der Waals surface area contributed by atoms with Crippen LogP contribution < -0.4 is 25.0 Å². The molecule has 0 saturated heterocycles. The number of amides is 1. The molecule has 1 amide bonds. The highest BCUT2D eigenvalue weighted by Crippen LogP contribution is 2.27. The molecule has 2 aromatic rings. The first-order chi connectivity index (χ1) is 14.0. The summed E-state index contributed by atoms with van der Waals surface area (Å²) in [5.41, 5.74) is 2.77. The molecular weight excluding hydrogens is 386 g/mol. The van der Waals surface area contributed by atoms with Crippen molar-refractivity contribution in [1.29, 1.82) is 0 Å². The minimum atomic E-state index is -0.322. The van der Waals surface area contributed by atoms with Crippen molar-refractivity contribution in [3.8, 4) is 11.5 Å². The molecule has 2 N–H and O–H groups in total. The normalized spacial score (nSPS) is 10.5. The van der Waals surface area contributed by atoms with Gasteiger partial charge in [-0.25, -0.2) is 0 Å². The quantitative estimate of drug-likeness (QED) is 0.502. The van der Waals surface area contributed by atoms with Crippen molar-refractivity contribution in [3.63, 3.8) is 0 Å². The minimum Gasteiger partial charge on any atom is -0.493 e. The van der Waals surface area contributed by atoms with E-state index in [1.165, 1.54) is 6.08 Å². The summed E-state index contributed by atoms with van der Waals surface area (Å²) >= 11 is 5.22. The average Bonchev–Trinajstić information content (AvgIpc) is 2.74. The topological polar surface area (TPSA) is 62.8 Å². The fourth-order valence-electron chi connectivity index (χ4n) is 2.79. The van der Waals surface area contributed by atoms with Crippen LogP contribution in [0.5, 0.6) is 11.5 Å². The predicted molar refractivity (Wildman–Crippen MR) is 123 cm³/mol. The molecule has 0 aliphatic rings. The van der Waals surface area contributed by atoms with Gasteiger partial charge in [-0.05, 0) is 74.1 Å². The molecule has 0 bridgehead atoms. The van der Waals surface area contributed by atoms with Crippen LogP contribution >= 0.6 is 12.2 Å². The SMILES string of the molecule is CCN(CC)c1ccc(NC(=S)NC(=O)C=Cc2ccc(OC)c(OC)c2)cc1. The van der Waals surface area contributed by atoms with Gasteiger partial charge in [0.2, 0.25) is 5.91 Å². The molecule has 2 rings (SSSR count). The van der Waals surface area contributed by atoms with E-state index in [-0.39, 0.29) is 11.0 Å². The van der Waals surface area contributed by atoms with Crippen molar-refractivity contribution < 1.29 is 14.3 Å². The molecule has 0 spiro atoms. The molecule has 0 aromatic heterocycles. The van der Waals surface area contributed by atoms with Crippen LogP contribution in [0.3, 0.4) is 0 Å². The molecule has 0 unspecified atom stereocenters. The summed E-state index contributed by atoms with van der Waals surface area (Å²) < 4.78 is 10.5. The molecule has 0 fully saturated rings. The first-order valence-electron chi connectivity index (χ1n) is 9.37. The second kappa shape index (κ2) is 11.1. The first kappa shape index (κ1) is 22.2. The standard InChI is InChI=1S/C22H27N3O3S/c1-5-25(6-2)18-11-9-17(10-12-18)23-22(29)24-21(26)14-8-16-7-13-19(27-3)20(15-16)28-4/h7-15H,5-6H2,1-4H3,(H2,23,24,26,29). The molecule has 7 heteroatoms. The highest BCUT2D eigenvalue weighted by atomic mass is 32.1. The van der Waals surface area contributed by atoms with Crippen LogP contribution in [0.25, 0.3) is 6.08 Å². The summed E-state index contributed by atoms with van der Waals surface area (Å²) in [6.45, 7) is 6.14. The second-order valence-electron chi connectivity index (χ2n) is 6.11. The lowest BCUT2D eigenvalue weighted by Crippen LogP contribution is -2.32. The largest absolute Gasteiger partial charge is 0.493 e. The van der Waals surface area contributed by atoms with Crippen molar-refractivity contribution >= 4 is 40.7 Å². The Morgan fingerprint density at radius 3 is 2.28 bits per heavy atom. The van der Waals surface area contributed by atoms with Crippen molar-refractivity contribution in [2.45, 2.75) is 13.8 Å². The zero-order valence-corrected chi connectivity index (χ0v) is 18.0. The van der Waals surface area contributed by atoms with Gasteiger partial charge in [0.1, 0.15) is 0 Å². The van der Waals surface area contributed by atoms with Crippen LogP contribution in [-0.2, 0) is 4.79 Å². The molecule has 0 saturated carbocycles. The van der Waals surface area contributed by atoms with E-state index in [4.69, 9.17) is 21.7 Å². The van der Waals surface area contributed by atoms with Crippen LogP contribution in [-0.4, -0.2) is 38.3 Å². The van der Waals surface area contributed by atoms with E-state index in [2.05, 4.69) is 29.4 Å². The van der Waals surface area contributed by atoms with Gasteiger partial charge in [0, 0.05) is 30.5 Å². The maximum absolute atomic E-state index is 12.1. The van der Waals surface area contributed by atoms with Crippen LogP contribution in [0.4, 0.5) is 11.4 Å². The summed E-state index contributed by atoms with van der Waals surface area (Å²) in [5.74, 6) is 0.906. The van der Waals surface area contributed by atoms with E-state index < -0.39 is 0 Å². The minimum absolute atomic E-state index is 0.238. The molecule has 6 nitrogen and oxygen atoms in total. The Balaban J connectivity index is 1.92. The third-order valence-electron chi connectivity index (χ3n) is 4.33. The number of methoxy groups -OCH3 is 2. The fraction of sp³-hybridized carbons (Fsp3) is 0.273. The number of hydrogen-bond acceptors (Lipinski definition) is 5. The van der Waals surface area contributed by atoms with Crippen molar-refractivity contribution in [2.24, 2.45) is 0 Å². The second-order valence-corrected chi connectivity index (χ2v) is 6.52. The molecule has 2 aromatic carbocycles. The van der Waals surface area contributed by atoms with Crippen LogP contribution in [0, 0.1) is 0 Å². The number of hydrogen-bond donors (Lipinski definition) is 2. The van der Waals surface area contributed by atoms with Crippen molar-refractivity contribution in [2.75, 3.05) is 37.5 Å². The van der Waals surface area contributed by atoms with Gasteiger partial charge in [-0.3, -0.25) is 10.1 Å². The maximum Gasteiger partial charge on any atom is 0.250 e. The Bertz CT molecular complexity index is 862. The van der Waals surface area contributed by atoms with Gasteiger partial charge in [-0.15, -0.1) is 0 Å². The summed E-state index contributed by atoms with van der Waals surface area (Å²) in [5, 5.41) is 5.89. The Labute approximate surface area is 177 Å². The monoisotopic (exact) mass is 413 g/mol. The molecular formula is C22H27N3O3S. The van der Waals surface area contributed by atoms with Gasteiger partial charge in [-0.2, -0.15) is 0 Å².